The number of halogens is 1. The van der Waals surface area contributed by atoms with Gasteiger partial charge in [-0.15, -0.1) is 0 Å². The monoisotopic (exact) mass is 366 g/mol. The minimum atomic E-state index is -0.569. The van der Waals surface area contributed by atoms with Crippen LogP contribution in [0.25, 0.3) is 11.1 Å². The maximum Gasteiger partial charge on any atom is 0.337 e. The number of benzene rings is 3. The third-order valence-electron chi connectivity index (χ3n) is 4.08. The third kappa shape index (κ3) is 4.24. The third-order valence-corrected chi connectivity index (χ3v) is 4.08. The van der Waals surface area contributed by atoms with Gasteiger partial charge < -0.3 is 15.3 Å². The minimum Gasteiger partial charge on any atom is -0.507 e. The van der Waals surface area contributed by atoms with E-state index in [1.165, 1.54) is 25.3 Å². The summed E-state index contributed by atoms with van der Waals surface area (Å²) < 4.78 is 19.0. The molecule has 27 heavy (non-hydrogen) atoms. The molecular weight excluding hydrogens is 347 g/mol. The Morgan fingerprint density at radius 2 is 1.81 bits per heavy atom. The summed E-state index contributed by atoms with van der Waals surface area (Å²) in [4.78, 5) is 11.7. The highest BCUT2D eigenvalue weighted by molar-refractivity contribution is 5.91. The van der Waals surface area contributed by atoms with Crippen molar-refractivity contribution in [1.82, 2.24) is 5.43 Å². The van der Waals surface area contributed by atoms with Gasteiger partial charge in [-0.1, -0.05) is 36.4 Å². The Bertz CT molecular complexity index is 945. The Labute approximate surface area is 156 Å². The Morgan fingerprint density at radius 3 is 2.56 bits per heavy atom. The van der Waals surface area contributed by atoms with Gasteiger partial charge in [0.25, 0.3) is 0 Å². The number of carbonyl (C=O) groups is 1. The Balaban J connectivity index is 1.83. The predicted molar refractivity (Wildman–Crippen MR) is 102 cm³/mol. The van der Waals surface area contributed by atoms with Crippen LogP contribution in [0, 0.1) is 5.82 Å². The maximum atomic E-state index is 14.3. The number of phenols is 1. The second kappa shape index (κ2) is 8.33. The first-order chi connectivity index (χ1) is 13.1. The Morgan fingerprint density at radius 1 is 1.04 bits per heavy atom. The first-order valence-electron chi connectivity index (χ1n) is 8.33. The van der Waals surface area contributed by atoms with Crippen LogP contribution in [0.15, 0.2) is 66.7 Å². The van der Waals surface area contributed by atoms with E-state index in [0.717, 1.165) is 5.69 Å². The number of methoxy groups -OCH3 is 1. The number of nitrogens with one attached hydrogen (secondary N) is 2. The van der Waals surface area contributed by atoms with Crippen LogP contribution >= 0.6 is 0 Å². The molecule has 0 aliphatic heterocycles. The molecule has 0 heterocycles. The molecule has 0 saturated heterocycles. The summed E-state index contributed by atoms with van der Waals surface area (Å²) in [6.07, 6.45) is 0. The van der Waals surface area contributed by atoms with Crippen molar-refractivity contribution in [3.8, 4) is 16.9 Å². The predicted octanol–water partition coefficient (Wildman–Crippen LogP) is 4.10. The van der Waals surface area contributed by atoms with Gasteiger partial charge in [-0.2, -0.15) is 0 Å². The number of hydrogen-bond donors (Lipinski definition) is 3. The maximum absolute atomic E-state index is 14.3. The lowest BCUT2D eigenvalue weighted by atomic mass is 9.99. The summed E-state index contributed by atoms with van der Waals surface area (Å²) >= 11 is 0. The number of hydrogen-bond acceptors (Lipinski definition) is 5. The molecule has 0 aromatic heterocycles. The van der Waals surface area contributed by atoms with Crippen molar-refractivity contribution in [3.63, 3.8) is 0 Å². The van der Waals surface area contributed by atoms with Gasteiger partial charge in [-0.3, -0.25) is 0 Å². The number of para-hydroxylation sites is 2. The summed E-state index contributed by atoms with van der Waals surface area (Å²) in [6.45, 7) is 0.312. The molecule has 5 nitrogen and oxygen atoms in total. The number of carbonyl (C=O) groups excluding carboxylic acids is 1. The molecule has 0 amide bonds. The summed E-state index contributed by atoms with van der Waals surface area (Å²) in [5.41, 5.74) is 8.15. The second-order valence-electron chi connectivity index (χ2n) is 5.84. The molecule has 138 valence electrons. The van der Waals surface area contributed by atoms with Crippen LogP contribution in [0.5, 0.6) is 5.75 Å². The number of esters is 1. The molecule has 3 rings (SSSR count). The van der Waals surface area contributed by atoms with Gasteiger partial charge in [0.2, 0.25) is 0 Å². The van der Waals surface area contributed by atoms with Gasteiger partial charge in [0, 0.05) is 28.9 Å². The van der Waals surface area contributed by atoms with E-state index in [2.05, 4.69) is 15.6 Å². The number of rotatable bonds is 6. The van der Waals surface area contributed by atoms with Crippen LogP contribution in [-0.2, 0) is 11.3 Å². The SMILES string of the molecule is COC(=O)c1ccc(F)c(-c2cccc(CNNc3ccccc3)c2O)c1. The lowest BCUT2D eigenvalue weighted by molar-refractivity contribution is 0.0600. The Kier molecular flexibility index (Phi) is 5.68. The molecule has 0 radical (unpaired) electrons. The van der Waals surface area contributed by atoms with Crippen molar-refractivity contribution >= 4 is 11.7 Å². The van der Waals surface area contributed by atoms with Crippen LogP contribution in [0.3, 0.4) is 0 Å². The van der Waals surface area contributed by atoms with Gasteiger partial charge >= 0.3 is 5.97 Å². The van der Waals surface area contributed by atoms with Gasteiger partial charge in [-0.05, 0) is 30.3 Å². The number of phenolic OH excluding ortho intramolecular Hbond substituents is 1. The first kappa shape index (κ1) is 18.4. The molecule has 6 heteroatoms. The normalized spacial score (nSPS) is 10.4. The fourth-order valence-electron chi connectivity index (χ4n) is 2.69. The molecule has 0 aliphatic carbocycles. The zero-order valence-corrected chi connectivity index (χ0v) is 14.7. The highest BCUT2D eigenvalue weighted by Crippen LogP contribution is 2.34. The van der Waals surface area contributed by atoms with Gasteiger partial charge in [-0.25, -0.2) is 14.6 Å². The fraction of sp³-hybridized carbons (Fsp3) is 0.0952. The lowest BCUT2D eigenvalue weighted by Crippen LogP contribution is -2.20. The van der Waals surface area contributed by atoms with E-state index in [1.807, 2.05) is 30.3 Å². The van der Waals surface area contributed by atoms with E-state index in [9.17, 15) is 14.3 Å². The fourth-order valence-corrected chi connectivity index (χ4v) is 2.69. The quantitative estimate of drug-likeness (QED) is 0.453. The van der Waals surface area contributed by atoms with Gasteiger partial charge in [0.05, 0.1) is 12.7 Å². The lowest BCUT2D eigenvalue weighted by Gasteiger charge is -2.13. The number of hydrazine groups is 1. The smallest absolute Gasteiger partial charge is 0.337 e. The van der Waals surface area contributed by atoms with Crippen molar-refractivity contribution in [2.45, 2.75) is 6.54 Å². The van der Waals surface area contributed by atoms with Crippen molar-refractivity contribution in [3.05, 3.63) is 83.7 Å². The van der Waals surface area contributed by atoms with Gasteiger partial charge in [0.15, 0.2) is 0 Å². The molecule has 3 N–H and O–H groups in total. The largest absolute Gasteiger partial charge is 0.507 e. The summed E-state index contributed by atoms with van der Waals surface area (Å²) in [5, 5.41) is 10.6. The van der Waals surface area contributed by atoms with E-state index in [1.54, 1.807) is 18.2 Å². The van der Waals surface area contributed by atoms with E-state index in [4.69, 9.17) is 0 Å². The van der Waals surface area contributed by atoms with Crippen molar-refractivity contribution in [2.24, 2.45) is 0 Å². The van der Waals surface area contributed by atoms with Crippen LogP contribution in [0.2, 0.25) is 0 Å². The number of ether oxygens (including phenoxy) is 1. The van der Waals surface area contributed by atoms with Crippen LogP contribution in [0.1, 0.15) is 15.9 Å². The molecule has 3 aromatic rings. The first-order valence-corrected chi connectivity index (χ1v) is 8.33. The van der Waals surface area contributed by atoms with Crippen molar-refractivity contribution in [1.29, 1.82) is 0 Å². The summed E-state index contributed by atoms with van der Waals surface area (Å²) in [7, 11) is 1.26. The standard InChI is InChI=1S/C21H19FN2O3/c1-27-21(26)14-10-11-19(22)18(12-14)17-9-5-6-15(20(17)25)13-23-24-16-7-3-2-4-8-16/h2-12,23-25H,13H2,1H3. The average Bonchev–Trinajstić information content (AvgIpc) is 2.70. The molecule has 0 spiro atoms. The van der Waals surface area contributed by atoms with Crippen LogP contribution < -0.4 is 10.9 Å². The van der Waals surface area contributed by atoms with E-state index in [0.29, 0.717) is 17.7 Å². The number of aromatic hydroxyl groups is 1. The minimum absolute atomic E-state index is 0.0548. The van der Waals surface area contributed by atoms with E-state index >= 15 is 0 Å². The van der Waals surface area contributed by atoms with E-state index < -0.39 is 11.8 Å². The Hall–Kier alpha value is -3.38. The number of anilines is 1. The second-order valence-corrected chi connectivity index (χ2v) is 5.84. The topological polar surface area (TPSA) is 70.6 Å². The van der Waals surface area contributed by atoms with Crippen molar-refractivity contribution < 1.29 is 19.0 Å². The molecule has 0 aliphatic rings. The highest BCUT2D eigenvalue weighted by atomic mass is 19.1. The molecule has 0 bridgehead atoms. The van der Waals surface area contributed by atoms with Gasteiger partial charge in [0.1, 0.15) is 11.6 Å². The molecule has 0 fully saturated rings. The summed E-state index contributed by atoms with van der Waals surface area (Å²) in [6, 6.07) is 18.5. The molecular formula is C21H19FN2O3. The summed E-state index contributed by atoms with van der Waals surface area (Å²) in [5.74, 6) is -1.16. The average molecular weight is 366 g/mol. The van der Waals surface area contributed by atoms with Crippen molar-refractivity contribution in [2.75, 3.05) is 12.5 Å². The molecule has 0 saturated carbocycles. The van der Waals surface area contributed by atoms with Crippen LogP contribution in [-0.4, -0.2) is 18.2 Å². The van der Waals surface area contributed by atoms with E-state index in [-0.39, 0.29) is 16.9 Å². The zero-order chi connectivity index (χ0) is 19.2. The molecule has 3 aromatic carbocycles. The highest BCUT2D eigenvalue weighted by Gasteiger charge is 2.15. The zero-order valence-electron chi connectivity index (χ0n) is 14.7. The molecule has 0 unspecified atom stereocenters. The van der Waals surface area contributed by atoms with Crippen LogP contribution in [0.4, 0.5) is 10.1 Å². The molecule has 0 atom stereocenters.